The summed E-state index contributed by atoms with van der Waals surface area (Å²) in [4.78, 5) is 0. The van der Waals surface area contributed by atoms with Gasteiger partial charge in [0, 0.05) is 6.54 Å². The van der Waals surface area contributed by atoms with Crippen molar-refractivity contribution in [1.29, 1.82) is 0 Å². The van der Waals surface area contributed by atoms with E-state index < -0.39 is 0 Å². The van der Waals surface area contributed by atoms with Crippen LogP contribution in [-0.2, 0) is 6.54 Å². The van der Waals surface area contributed by atoms with Gasteiger partial charge in [-0.05, 0) is 34.9 Å². The van der Waals surface area contributed by atoms with E-state index in [9.17, 15) is 0 Å². The maximum atomic E-state index is 5.64. The van der Waals surface area contributed by atoms with E-state index in [1.807, 2.05) is 0 Å². The normalized spacial score (nSPS) is 10.6. The average Bonchev–Trinajstić information content (AvgIpc) is 2.17. The van der Waals surface area contributed by atoms with Crippen LogP contribution in [0.1, 0.15) is 11.1 Å². The van der Waals surface area contributed by atoms with Gasteiger partial charge in [-0.15, -0.1) is 0 Å². The summed E-state index contributed by atoms with van der Waals surface area (Å²) in [5.41, 5.74) is 8.16. The SMILES string of the molecule is Cc1cc2ccccc2cc1CN. The molecule has 0 saturated heterocycles. The second-order valence-electron chi connectivity index (χ2n) is 3.33. The van der Waals surface area contributed by atoms with Gasteiger partial charge in [-0.3, -0.25) is 0 Å². The van der Waals surface area contributed by atoms with Gasteiger partial charge in [-0.1, -0.05) is 30.3 Å². The summed E-state index contributed by atoms with van der Waals surface area (Å²) in [5, 5.41) is 2.56. The van der Waals surface area contributed by atoms with Gasteiger partial charge >= 0.3 is 0 Å². The zero-order valence-corrected chi connectivity index (χ0v) is 7.75. The number of aryl methyl sites for hydroxylation is 1. The molecule has 0 aliphatic heterocycles. The van der Waals surface area contributed by atoms with Crippen molar-refractivity contribution in [2.75, 3.05) is 0 Å². The lowest BCUT2D eigenvalue weighted by atomic mass is 10.0. The van der Waals surface area contributed by atoms with Gasteiger partial charge in [-0.2, -0.15) is 0 Å². The Morgan fingerprint density at radius 1 is 1.08 bits per heavy atom. The van der Waals surface area contributed by atoms with Crippen molar-refractivity contribution < 1.29 is 0 Å². The first-order valence-electron chi connectivity index (χ1n) is 4.49. The third kappa shape index (κ3) is 1.43. The first-order valence-corrected chi connectivity index (χ1v) is 4.49. The minimum atomic E-state index is 0.622. The fourth-order valence-corrected chi connectivity index (χ4v) is 1.62. The molecule has 13 heavy (non-hydrogen) atoms. The molecule has 0 aliphatic rings. The van der Waals surface area contributed by atoms with E-state index in [1.165, 1.54) is 21.9 Å². The molecular weight excluding hydrogens is 158 g/mol. The van der Waals surface area contributed by atoms with Crippen molar-refractivity contribution in [2.24, 2.45) is 5.73 Å². The number of rotatable bonds is 1. The number of hydrogen-bond acceptors (Lipinski definition) is 1. The van der Waals surface area contributed by atoms with Crippen LogP contribution in [0.5, 0.6) is 0 Å². The maximum absolute atomic E-state index is 5.64. The fraction of sp³-hybridized carbons (Fsp3) is 0.167. The predicted molar refractivity (Wildman–Crippen MR) is 56.6 cm³/mol. The monoisotopic (exact) mass is 171 g/mol. The van der Waals surface area contributed by atoms with Gasteiger partial charge in [0.1, 0.15) is 0 Å². The van der Waals surface area contributed by atoms with E-state index in [0.29, 0.717) is 6.54 Å². The molecule has 1 nitrogen and oxygen atoms in total. The van der Waals surface area contributed by atoms with Crippen molar-refractivity contribution in [3.05, 3.63) is 47.5 Å². The van der Waals surface area contributed by atoms with E-state index in [-0.39, 0.29) is 0 Å². The van der Waals surface area contributed by atoms with Gasteiger partial charge in [0.25, 0.3) is 0 Å². The molecule has 2 aromatic rings. The van der Waals surface area contributed by atoms with Crippen LogP contribution in [0.25, 0.3) is 10.8 Å². The Kier molecular flexibility index (Phi) is 2.03. The molecule has 0 heterocycles. The molecule has 1 heteroatoms. The molecule has 2 N–H and O–H groups in total. The lowest BCUT2D eigenvalue weighted by Gasteiger charge is -2.05. The second-order valence-corrected chi connectivity index (χ2v) is 3.33. The first-order chi connectivity index (χ1) is 6.31. The number of hydrogen-bond donors (Lipinski definition) is 1. The highest BCUT2D eigenvalue weighted by atomic mass is 14.5. The highest BCUT2D eigenvalue weighted by Crippen LogP contribution is 2.18. The molecule has 0 amide bonds. The Labute approximate surface area is 78.2 Å². The van der Waals surface area contributed by atoms with Gasteiger partial charge in [0.05, 0.1) is 0 Å². The van der Waals surface area contributed by atoms with Crippen molar-refractivity contribution in [2.45, 2.75) is 13.5 Å². The van der Waals surface area contributed by atoms with Crippen molar-refractivity contribution in [1.82, 2.24) is 0 Å². The summed E-state index contributed by atoms with van der Waals surface area (Å²) in [6.07, 6.45) is 0. The Balaban J connectivity index is 2.74. The van der Waals surface area contributed by atoms with Crippen LogP contribution in [0.3, 0.4) is 0 Å². The molecule has 0 saturated carbocycles. The molecule has 0 aliphatic carbocycles. The zero-order valence-electron chi connectivity index (χ0n) is 7.75. The summed E-state index contributed by atoms with van der Waals surface area (Å²) in [6.45, 7) is 2.73. The molecule has 0 aromatic heterocycles. The molecule has 0 fully saturated rings. The molecular formula is C12H13N. The summed E-state index contributed by atoms with van der Waals surface area (Å²) >= 11 is 0. The first kappa shape index (κ1) is 8.27. The molecule has 0 atom stereocenters. The van der Waals surface area contributed by atoms with Crippen molar-refractivity contribution >= 4 is 10.8 Å². The number of benzene rings is 2. The van der Waals surface area contributed by atoms with E-state index in [1.54, 1.807) is 0 Å². The predicted octanol–water partition coefficient (Wildman–Crippen LogP) is 2.61. The third-order valence-corrected chi connectivity index (χ3v) is 2.42. The third-order valence-electron chi connectivity index (χ3n) is 2.42. The Morgan fingerprint density at radius 2 is 1.69 bits per heavy atom. The highest BCUT2D eigenvalue weighted by Gasteiger charge is 1.98. The van der Waals surface area contributed by atoms with Crippen LogP contribution in [-0.4, -0.2) is 0 Å². The molecule has 0 bridgehead atoms. The minimum Gasteiger partial charge on any atom is -0.326 e. The molecule has 2 rings (SSSR count). The maximum Gasteiger partial charge on any atom is 0.0180 e. The number of fused-ring (bicyclic) bond motifs is 1. The molecule has 2 aromatic carbocycles. The Morgan fingerprint density at radius 3 is 2.31 bits per heavy atom. The zero-order chi connectivity index (χ0) is 9.26. The average molecular weight is 171 g/mol. The Bertz CT molecular complexity index is 432. The van der Waals surface area contributed by atoms with Gasteiger partial charge in [-0.25, -0.2) is 0 Å². The highest BCUT2D eigenvalue weighted by molar-refractivity contribution is 5.83. The van der Waals surface area contributed by atoms with Gasteiger partial charge < -0.3 is 5.73 Å². The van der Waals surface area contributed by atoms with Crippen LogP contribution < -0.4 is 5.73 Å². The molecule has 0 radical (unpaired) electrons. The van der Waals surface area contributed by atoms with Crippen molar-refractivity contribution in [3.8, 4) is 0 Å². The Hall–Kier alpha value is -1.34. The summed E-state index contributed by atoms with van der Waals surface area (Å²) < 4.78 is 0. The second kappa shape index (κ2) is 3.19. The molecule has 0 spiro atoms. The largest absolute Gasteiger partial charge is 0.326 e. The standard InChI is InChI=1S/C12H13N/c1-9-6-10-4-2-3-5-11(10)7-12(9)8-13/h2-7H,8,13H2,1H3. The van der Waals surface area contributed by atoms with Gasteiger partial charge in [0.15, 0.2) is 0 Å². The van der Waals surface area contributed by atoms with Gasteiger partial charge in [0.2, 0.25) is 0 Å². The van der Waals surface area contributed by atoms with E-state index in [0.717, 1.165) is 0 Å². The lowest BCUT2D eigenvalue weighted by molar-refractivity contribution is 1.05. The fourth-order valence-electron chi connectivity index (χ4n) is 1.62. The number of nitrogens with two attached hydrogens (primary N) is 1. The van der Waals surface area contributed by atoms with Crippen molar-refractivity contribution in [3.63, 3.8) is 0 Å². The van der Waals surface area contributed by atoms with Crippen LogP contribution in [0, 0.1) is 6.92 Å². The van der Waals surface area contributed by atoms with E-state index >= 15 is 0 Å². The van der Waals surface area contributed by atoms with Crippen LogP contribution in [0.4, 0.5) is 0 Å². The topological polar surface area (TPSA) is 26.0 Å². The molecule has 66 valence electrons. The summed E-state index contributed by atoms with van der Waals surface area (Å²) in [7, 11) is 0. The smallest absolute Gasteiger partial charge is 0.0180 e. The van der Waals surface area contributed by atoms with Crippen LogP contribution in [0.15, 0.2) is 36.4 Å². The summed E-state index contributed by atoms with van der Waals surface area (Å²) in [5.74, 6) is 0. The molecule has 0 unspecified atom stereocenters. The lowest BCUT2D eigenvalue weighted by Crippen LogP contribution is -1.98. The van der Waals surface area contributed by atoms with E-state index in [4.69, 9.17) is 5.73 Å². The van der Waals surface area contributed by atoms with Crippen LogP contribution in [0.2, 0.25) is 0 Å². The quantitative estimate of drug-likeness (QED) is 0.701. The van der Waals surface area contributed by atoms with E-state index in [2.05, 4.69) is 43.3 Å². The summed E-state index contributed by atoms with van der Waals surface area (Å²) in [6, 6.07) is 12.7. The minimum absolute atomic E-state index is 0.622. The van der Waals surface area contributed by atoms with Crippen LogP contribution >= 0.6 is 0 Å².